The van der Waals surface area contributed by atoms with Crippen molar-refractivity contribution in [2.45, 2.75) is 25.8 Å². The molecule has 0 saturated heterocycles. The standard InChI is InChI=1S/C9H9ClINO/c1-5-4-7(10)8(11)9(13)12(5)6-2-3-6/h4,6H,2-3H2,1H3. The first kappa shape index (κ1) is 9.52. The quantitative estimate of drug-likeness (QED) is 0.731. The van der Waals surface area contributed by atoms with Crippen LogP contribution in [-0.4, -0.2) is 4.57 Å². The van der Waals surface area contributed by atoms with Gasteiger partial charge in [0.1, 0.15) is 0 Å². The van der Waals surface area contributed by atoms with E-state index in [1.807, 2.05) is 40.1 Å². The van der Waals surface area contributed by atoms with Crippen molar-refractivity contribution in [2.75, 3.05) is 0 Å². The summed E-state index contributed by atoms with van der Waals surface area (Å²) in [6.45, 7) is 1.93. The number of pyridine rings is 1. The lowest BCUT2D eigenvalue weighted by atomic mass is 10.3. The maximum atomic E-state index is 11.8. The van der Waals surface area contributed by atoms with Crippen molar-refractivity contribution in [1.29, 1.82) is 0 Å². The topological polar surface area (TPSA) is 22.0 Å². The van der Waals surface area contributed by atoms with Gasteiger partial charge in [0.15, 0.2) is 0 Å². The summed E-state index contributed by atoms with van der Waals surface area (Å²) in [5, 5.41) is 0.569. The van der Waals surface area contributed by atoms with E-state index in [9.17, 15) is 4.79 Å². The summed E-state index contributed by atoms with van der Waals surface area (Å²) in [5.41, 5.74) is 1.03. The molecule has 0 bridgehead atoms. The SMILES string of the molecule is Cc1cc(Cl)c(I)c(=O)n1C1CC1. The second-order valence-electron chi connectivity index (χ2n) is 3.35. The molecule has 1 aliphatic carbocycles. The predicted octanol–water partition coefficient (Wildman–Crippen LogP) is 2.75. The van der Waals surface area contributed by atoms with Gasteiger partial charge in [-0.3, -0.25) is 4.79 Å². The fourth-order valence-corrected chi connectivity index (χ4v) is 2.13. The zero-order chi connectivity index (χ0) is 9.59. The Balaban J connectivity index is 2.67. The van der Waals surface area contributed by atoms with Gasteiger partial charge < -0.3 is 4.57 Å². The summed E-state index contributed by atoms with van der Waals surface area (Å²) < 4.78 is 2.49. The van der Waals surface area contributed by atoms with Crippen molar-refractivity contribution in [3.8, 4) is 0 Å². The van der Waals surface area contributed by atoms with Gasteiger partial charge in [0.2, 0.25) is 0 Å². The van der Waals surface area contributed by atoms with E-state index in [4.69, 9.17) is 11.6 Å². The van der Waals surface area contributed by atoms with Crippen LogP contribution in [-0.2, 0) is 0 Å². The number of rotatable bonds is 1. The first-order valence-electron chi connectivity index (χ1n) is 4.18. The van der Waals surface area contributed by atoms with Crippen LogP contribution in [0.1, 0.15) is 24.6 Å². The van der Waals surface area contributed by atoms with Crippen LogP contribution in [0.4, 0.5) is 0 Å². The van der Waals surface area contributed by atoms with Crippen molar-refractivity contribution >= 4 is 34.2 Å². The first-order valence-corrected chi connectivity index (χ1v) is 5.64. The second-order valence-corrected chi connectivity index (χ2v) is 4.84. The molecule has 0 aromatic carbocycles. The molecule has 0 N–H and O–H groups in total. The van der Waals surface area contributed by atoms with E-state index >= 15 is 0 Å². The summed E-state index contributed by atoms with van der Waals surface area (Å²) in [7, 11) is 0. The van der Waals surface area contributed by atoms with Gasteiger partial charge in [-0.05, 0) is 48.4 Å². The molecule has 1 aliphatic rings. The van der Waals surface area contributed by atoms with Gasteiger partial charge in [-0.25, -0.2) is 0 Å². The highest BCUT2D eigenvalue weighted by atomic mass is 127. The van der Waals surface area contributed by atoms with Crippen molar-refractivity contribution in [3.63, 3.8) is 0 Å². The third-order valence-corrected chi connectivity index (χ3v) is 3.90. The zero-order valence-corrected chi connectivity index (χ0v) is 10.1. The fraction of sp³-hybridized carbons (Fsp3) is 0.444. The lowest BCUT2D eigenvalue weighted by molar-refractivity contribution is 0.678. The molecule has 0 radical (unpaired) electrons. The van der Waals surface area contributed by atoms with E-state index < -0.39 is 0 Å². The minimum Gasteiger partial charge on any atom is -0.309 e. The molecule has 0 unspecified atom stereocenters. The van der Waals surface area contributed by atoms with Gasteiger partial charge in [-0.1, -0.05) is 11.6 Å². The summed E-state index contributed by atoms with van der Waals surface area (Å²) >= 11 is 7.90. The molecule has 13 heavy (non-hydrogen) atoms. The molecule has 1 heterocycles. The highest BCUT2D eigenvalue weighted by molar-refractivity contribution is 14.1. The number of hydrogen-bond donors (Lipinski definition) is 0. The largest absolute Gasteiger partial charge is 0.309 e. The highest BCUT2D eigenvalue weighted by Crippen LogP contribution is 2.35. The molecule has 1 saturated carbocycles. The molecule has 1 fully saturated rings. The third-order valence-electron chi connectivity index (χ3n) is 2.24. The third kappa shape index (κ3) is 1.64. The maximum Gasteiger partial charge on any atom is 0.265 e. The van der Waals surface area contributed by atoms with E-state index in [0.29, 0.717) is 14.6 Å². The van der Waals surface area contributed by atoms with E-state index in [1.165, 1.54) is 0 Å². The monoisotopic (exact) mass is 309 g/mol. The van der Waals surface area contributed by atoms with Crippen molar-refractivity contribution in [1.82, 2.24) is 4.57 Å². The van der Waals surface area contributed by atoms with E-state index in [0.717, 1.165) is 18.5 Å². The van der Waals surface area contributed by atoms with Gasteiger partial charge in [-0.2, -0.15) is 0 Å². The van der Waals surface area contributed by atoms with Crippen LogP contribution >= 0.6 is 34.2 Å². The number of nitrogens with zero attached hydrogens (tertiary/aromatic N) is 1. The molecule has 2 rings (SSSR count). The van der Waals surface area contributed by atoms with Gasteiger partial charge in [0.05, 0.1) is 8.59 Å². The van der Waals surface area contributed by atoms with Crippen LogP contribution in [0.3, 0.4) is 0 Å². The lowest BCUT2D eigenvalue weighted by Crippen LogP contribution is -2.23. The maximum absolute atomic E-state index is 11.8. The van der Waals surface area contributed by atoms with Crippen molar-refractivity contribution in [2.24, 2.45) is 0 Å². The molecule has 0 spiro atoms. The van der Waals surface area contributed by atoms with Gasteiger partial charge in [0, 0.05) is 11.7 Å². The van der Waals surface area contributed by atoms with E-state index in [2.05, 4.69) is 0 Å². The summed E-state index contributed by atoms with van der Waals surface area (Å²) in [4.78, 5) is 11.8. The fourth-order valence-electron chi connectivity index (χ4n) is 1.47. The Morgan fingerprint density at radius 1 is 1.62 bits per heavy atom. The average Bonchev–Trinajstić information content (AvgIpc) is 2.84. The number of hydrogen-bond acceptors (Lipinski definition) is 1. The molecular weight excluding hydrogens is 300 g/mol. The zero-order valence-electron chi connectivity index (χ0n) is 7.18. The highest BCUT2D eigenvalue weighted by Gasteiger charge is 2.26. The van der Waals surface area contributed by atoms with Crippen LogP contribution < -0.4 is 5.56 Å². The Morgan fingerprint density at radius 2 is 2.23 bits per heavy atom. The van der Waals surface area contributed by atoms with Crippen LogP contribution in [0.25, 0.3) is 0 Å². The molecule has 2 nitrogen and oxygen atoms in total. The minimum absolute atomic E-state index is 0.0631. The Kier molecular flexibility index (Phi) is 2.40. The Labute approximate surface area is 95.0 Å². The molecule has 1 aromatic heterocycles. The van der Waals surface area contributed by atoms with E-state index in [1.54, 1.807) is 0 Å². The molecule has 0 amide bonds. The molecular formula is C9H9ClINO. The summed E-state index contributed by atoms with van der Waals surface area (Å²) in [6.07, 6.45) is 2.25. The number of aryl methyl sites for hydroxylation is 1. The smallest absolute Gasteiger partial charge is 0.265 e. The van der Waals surface area contributed by atoms with Crippen molar-refractivity contribution < 1.29 is 0 Å². The second kappa shape index (κ2) is 3.28. The molecule has 0 atom stereocenters. The Bertz CT molecular complexity index is 409. The summed E-state index contributed by atoms with van der Waals surface area (Å²) in [5.74, 6) is 0. The van der Waals surface area contributed by atoms with Gasteiger partial charge >= 0.3 is 0 Å². The van der Waals surface area contributed by atoms with Crippen LogP contribution in [0, 0.1) is 10.5 Å². The molecule has 0 aliphatic heterocycles. The van der Waals surface area contributed by atoms with E-state index in [-0.39, 0.29) is 5.56 Å². The number of halogens is 2. The Hall–Kier alpha value is -0.0300. The average molecular weight is 310 g/mol. The minimum atomic E-state index is 0.0631. The predicted molar refractivity (Wildman–Crippen MR) is 61.4 cm³/mol. The first-order chi connectivity index (χ1) is 6.11. The van der Waals surface area contributed by atoms with Crippen LogP contribution in [0.15, 0.2) is 10.9 Å². The number of aromatic nitrogens is 1. The summed E-state index contributed by atoms with van der Waals surface area (Å²) in [6, 6.07) is 2.29. The Morgan fingerprint density at radius 3 is 2.77 bits per heavy atom. The van der Waals surface area contributed by atoms with Crippen LogP contribution in [0.5, 0.6) is 0 Å². The van der Waals surface area contributed by atoms with Crippen molar-refractivity contribution in [3.05, 3.63) is 30.7 Å². The van der Waals surface area contributed by atoms with Gasteiger partial charge in [0.25, 0.3) is 5.56 Å². The van der Waals surface area contributed by atoms with Gasteiger partial charge in [-0.15, -0.1) is 0 Å². The normalized spacial score (nSPS) is 16.2. The molecule has 4 heteroatoms. The molecule has 70 valence electrons. The lowest BCUT2D eigenvalue weighted by Gasteiger charge is -2.09. The van der Waals surface area contributed by atoms with Crippen LogP contribution in [0.2, 0.25) is 5.02 Å². The molecule has 1 aromatic rings.